The highest BCUT2D eigenvalue weighted by Gasteiger charge is 2.24. The first-order valence-corrected chi connectivity index (χ1v) is 18.3. The second kappa shape index (κ2) is 19.1. The maximum atomic E-state index is 13.7. The Labute approximate surface area is 326 Å². The van der Waals surface area contributed by atoms with Crippen LogP contribution in [0.25, 0.3) is 32.7 Å². The van der Waals surface area contributed by atoms with Gasteiger partial charge in [0.15, 0.2) is 6.61 Å². The Morgan fingerprint density at radius 2 is 1.38 bits per heavy atom. The maximum Gasteiger partial charge on any atom is 0.407 e. The van der Waals surface area contributed by atoms with Gasteiger partial charge in [0.2, 0.25) is 5.91 Å². The summed E-state index contributed by atoms with van der Waals surface area (Å²) in [6.45, 7) is 12.7. The number of amides is 3. The lowest BCUT2D eigenvalue weighted by Crippen LogP contribution is -2.46. The van der Waals surface area contributed by atoms with Gasteiger partial charge in [0, 0.05) is 23.4 Å². The fraction of sp³-hybridized carbons (Fsp3) is 0.244. The van der Waals surface area contributed by atoms with Crippen LogP contribution in [0.15, 0.2) is 122 Å². The van der Waals surface area contributed by atoms with Gasteiger partial charge in [-0.1, -0.05) is 92.0 Å². The van der Waals surface area contributed by atoms with E-state index in [4.69, 9.17) is 18.9 Å². The molecule has 0 fully saturated rings. The normalized spacial score (nSPS) is 11.6. The molecule has 0 heterocycles. The number of nitrogens with one attached hydrogen (secondary N) is 3. The highest BCUT2D eigenvalue weighted by atomic mass is 16.6. The van der Waals surface area contributed by atoms with Gasteiger partial charge in [-0.15, -0.1) is 0 Å². The van der Waals surface area contributed by atoms with Crippen molar-refractivity contribution in [1.29, 1.82) is 0 Å². The second-order valence-corrected chi connectivity index (χ2v) is 13.9. The molecular formula is C45H47N3O8. The van der Waals surface area contributed by atoms with Gasteiger partial charge in [-0.25, -0.2) is 9.59 Å². The van der Waals surface area contributed by atoms with Gasteiger partial charge >= 0.3 is 12.1 Å². The van der Waals surface area contributed by atoms with Crippen molar-refractivity contribution >= 4 is 51.1 Å². The predicted octanol–water partition coefficient (Wildman–Crippen LogP) is 8.37. The predicted molar refractivity (Wildman–Crippen MR) is 219 cm³/mol. The van der Waals surface area contributed by atoms with Gasteiger partial charge in [-0.2, -0.15) is 0 Å². The van der Waals surface area contributed by atoms with Crippen molar-refractivity contribution in [1.82, 2.24) is 10.6 Å². The number of fused-ring (bicyclic) bond motifs is 2. The first kappa shape index (κ1) is 40.6. The van der Waals surface area contributed by atoms with Crippen molar-refractivity contribution in [2.24, 2.45) is 0 Å². The average molecular weight is 758 g/mol. The van der Waals surface area contributed by atoms with Crippen LogP contribution in [0.2, 0.25) is 0 Å². The van der Waals surface area contributed by atoms with Gasteiger partial charge in [0.05, 0.1) is 5.56 Å². The van der Waals surface area contributed by atoms with E-state index in [0.717, 1.165) is 32.7 Å². The Bertz CT molecular complexity index is 2230. The third-order valence-corrected chi connectivity index (χ3v) is 8.43. The minimum atomic E-state index is -1.03. The molecule has 0 unspecified atom stereocenters. The molecule has 5 rings (SSSR count). The number of carbonyl (C=O) groups excluding carboxylic acids is 4. The molecule has 3 amide bonds. The van der Waals surface area contributed by atoms with Gasteiger partial charge in [-0.3, -0.25) is 9.59 Å². The Kier molecular flexibility index (Phi) is 13.8. The van der Waals surface area contributed by atoms with Crippen LogP contribution in [0.3, 0.4) is 0 Å². The molecule has 0 aliphatic heterocycles. The molecule has 290 valence electrons. The number of hydrogen-bond acceptors (Lipinski definition) is 8. The molecule has 0 saturated carbocycles. The summed E-state index contributed by atoms with van der Waals surface area (Å²) in [6, 6.07) is 28.8. The van der Waals surface area contributed by atoms with Crippen LogP contribution < -0.4 is 25.4 Å². The van der Waals surface area contributed by atoms with Gasteiger partial charge < -0.3 is 34.9 Å². The summed E-state index contributed by atoms with van der Waals surface area (Å²) in [6.07, 6.45) is 3.04. The van der Waals surface area contributed by atoms with Crippen molar-refractivity contribution in [3.05, 3.63) is 128 Å². The molecule has 0 aliphatic carbocycles. The Balaban J connectivity index is 1.39. The Hall–Kier alpha value is -6.62. The summed E-state index contributed by atoms with van der Waals surface area (Å²) in [4.78, 5) is 52.0. The van der Waals surface area contributed by atoms with E-state index in [1.807, 2.05) is 72.8 Å². The number of esters is 1. The van der Waals surface area contributed by atoms with Crippen LogP contribution in [-0.2, 0) is 19.1 Å². The molecule has 11 heteroatoms. The van der Waals surface area contributed by atoms with Crippen LogP contribution in [0.1, 0.15) is 44.0 Å². The topological polar surface area (TPSA) is 141 Å². The smallest absolute Gasteiger partial charge is 0.407 e. The molecule has 0 radical (unpaired) electrons. The first-order valence-electron chi connectivity index (χ1n) is 18.3. The van der Waals surface area contributed by atoms with Gasteiger partial charge in [0.1, 0.15) is 36.4 Å². The zero-order valence-corrected chi connectivity index (χ0v) is 31.9. The van der Waals surface area contributed by atoms with E-state index in [1.54, 1.807) is 45.0 Å². The summed E-state index contributed by atoms with van der Waals surface area (Å²) in [5, 5.41) is 12.1. The number of rotatable bonds is 17. The van der Waals surface area contributed by atoms with Gasteiger partial charge in [0.25, 0.3) is 5.91 Å². The van der Waals surface area contributed by atoms with Crippen molar-refractivity contribution < 1.29 is 38.1 Å². The largest absolute Gasteiger partial charge is 0.489 e. The highest BCUT2D eigenvalue weighted by molar-refractivity contribution is 6.10. The van der Waals surface area contributed by atoms with E-state index in [-0.39, 0.29) is 31.7 Å². The lowest BCUT2D eigenvalue weighted by atomic mass is 9.92. The maximum absolute atomic E-state index is 13.7. The number of anilines is 1. The molecule has 11 nitrogen and oxygen atoms in total. The molecule has 3 N–H and O–H groups in total. The average Bonchev–Trinajstić information content (AvgIpc) is 3.18. The molecule has 1 atom stereocenters. The zero-order chi connectivity index (χ0) is 40.1. The van der Waals surface area contributed by atoms with Crippen LogP contribution in [-0.4, -0.2) is 61.9 Å². The minimum Gasteiger partial charge on any atom is -0.489 e. The van der Waals surface area contributed by atoms with E-state index >= 15 is 0 Å². The molecule has 56 heavy (non-hydrogen) atoms. The summed E-state index contributed by atoms with van der Waals surface area (Å²) in [7, 11) is 0. The van der Waals surface area contributed by atoms with Crippen molar-refractivity contribution in [2.75, 3.05) is 31.7 Å². The fourth-order valence-electron chi connectivity index (χ4n) is 6.04. The number of alkyl carbamates (subject to hydrolysis) is 1. The van der Waals surface area contributed by atoms with E-state index < -0.39 is 42.1 Å². The van der Waals surface area contributed by atoms with E-state index in [0.29, 0.717) is 23.6 Å². The molecule has 5 aromatic carbocycles. The number of hydrogen-bond donors (Lipinski definition) is 3. The first-order chi connectivity index (χ1) is 27.0. The van der Waals surface area contributed by atoms with Crippen LogP contribution >= 0.6 is 0 Å². The summed E-state index contributed by atoms with van der Waals surface area (Å²) in [5.41, 5.74) is 1.45. The SMILES string of the molecule is C=CCOC(=O)c1cccc(NC(=O)[C@@H](CCCNC(=O)OC(C)(C)C)NC(=O)COc2ccc3ccccc3c2-c2c(OCC=C)ccc3ccccc23)c1. The fourth-order valence-corrected chi connectivity index (χ4v) is 6.04. The minimum absolute atomic E-state index is 0.0375. The number of carbonyl (C=O) groups is 4. The molecule has 0 aromatic heterocycles. The van der Waals surface area contributed by atoms with Crippen molar-refractivity contribution in [3.63, 3.8) is 0 Å². The second-order valence-electron chi connectivity index (χ2n) is 13.9. The molecule has 5 aromatic rings. The zero-order valence-electron chi connectivity index (χ0n) is 31.9. The van der Waals surface area contributed by atoms with Crippen molar-refractivity contribution in [3.8, 4) is 22.6 Å². The standard InChI is InChI=1S/C45H47N3O8/c1-6-26-53-37-23-21-30-14-8-10-18-34(30)40(37)41-35-19-11-9-15-31(35)22-24-38(41)55-29-39(49)48-36(20-13-25-46-44(52)56-45(3,4)5)42(50)47-33-17-12-16-32(28-33)43(51)54-27-7-2/h6-12,14-19,21-24,28,36H,1-2,13,20,25-27,29H2,3-5H3,(H,46,52)(H,47,50)(H,48,49)/t36-/m1/s1. The number of benzene rings is 5. The molecular weight excluding hydrogens is 711 g/mol. The quantitative estimate of drug-likeness (QED) is 0.0488. The van der Waals surface area contributed by atoms with E-state index in [9.17, 15) is 19.2 Å². The lowest BCUT2D eigenvalue weighted by Gasteiger charge is -2.21. The lowest BCUT2D eigenvalue weighted by molar-refractivity contribution is -0.128. The molecule has 0 spiro atoms. The van der Waals surface area contributed by atoms with Crippen LogP contribution in [0, 0.1) is 0 Å². The molecule has 0 saturated heterocycles. The van der Waals surface area contributed by atoms with E-state index in [2.05, 4.69) is 29.1 Å². The third kappa shape index (κ3) is 11.0. The third-order valence-electron chi connectivity index (χ3n) is 8.43. The van der Waals surface area contributed by atoms with Crippen LogP contribution in [0.4, 0.5) is 10.5 Å². The highest BCUT2D eigenvalue weighted by Crippen LogP contribution is 2.45. The van der Waals surface area contributed by atoms with Gasteiger partial charge in [-0.05, 0) is 85.5 Å². The summed E-state index contributed by atoms with van der Waals surface area (Å²) < 4.78 is 22.9. The summed E-state index contributed by atoms with van der Waals surface area (Å²) in [5.74, 6) is -0.580. The number of ether oxygens (including phenoxy) is 4. The molecule has 0 aliphatic rings. The Morgan fingerprint density at radius 1 is 0.750 bits per heavy atom. The summed E-state index contributed by atoms with van der Waals surface area (Å²) >= 11 is 0. The van der Waals surface area contributed by atoms with Crippen LogP contribution in [0.5, 0.6) is 11.5 Å². The Morgan fingerprint density at radius 3 is 2.00 bits per heavy atom. The van der Waals surface area contributed by atoms with Crippen molar-refractivity contribution in [2.45, 2.75) is 45.3 Å². The molecule has 0 bridgehead atoms. The van der Waals surface area contributed by atoms with E-state index in [1.165, 1.54) is 12.1 Å². The monoisotopic (exact) mass is 757 g/mol.